The van der Waals surface area contributed by atoms with Crippen LogP contribution < -0.4 is 5.32 Å². The van der Waals surface area contributed by atoms with Crippen molar-refractivity contribution in [1.29, 1.82) is 0 Å². The highest BCUT2D eigenvalue weighted by Crippen LogP contribution is 2.25. The van der Waals surface area contributed by atoms with E-state index in [1.807, 2.05) is 66.6 Å². The van der Waals surface area contributed by atoms with Crippen molar-refractivity contribution in [1.82, 2.24) is 9.88 Å². The van der Waals surface area contributed by atoms with Gasteiger partial charge in [0.2, 0.25) is 0 Å². The van der Waals surface area contributed by atoms with Gasteiger partial charge in [-0.05, 0) is 92.8 Å². The number of anilines is 1. The number of piperidine rings is 1. The summed E-state index contributed by atoms with van der Waals surface area (Å²) in [4.78, 5) is 32.9. The number of pyridine rings is 1. The Balaban J connectivity index is 1.37. The maximum atomic E-state index is 12.9. The van der Waals surface area contributed by atoms with Crippen LogP contribution in [0.2, 0.25) is 0 Å². The van der Waals surface area contributed by atoms with Crippen LogP contribution in [0.3, 0.4) is 0 Å². The summed E-state index contributed by atoms with van der Waals surface area (Å²) in [6, 6.07) is 17.4. The Hall–Kier alpha value is -3.12. The number of nitrogens with zero attached hydrogens (tertiary/aromatic N) is 2. The molecule has 2 heterocycles. The van der Waals surface area contributed by atoms with Gasteiger partial charge >= 0.3 is 0 Å². The van der Waals surface area contributed by atoms with Crippen molar-refractivity contribution in [3.8, 4) is 0 Å². The molecule has 2 aromatic carbocycles. The number of rotatable bonds is 6. The number of carbonyl (C=O) groups is 2. The first-order valence-electron chi connectivity index (χ1n) is 11.4. The second-order valence-corrected chi connectivity index (χ2v) is 9.55. The molecule has 6 heteroatoms. The fourth-order valence-corrected chi connectivity index (χ4v) is 4.88. The normalized spacial score (nSPS) is 15.8. The van der Waals surface area contributed by atoms with Gasteiger partial charge in [0, 0.05) is 52.4 Å². The highest BCUT2D eigenvalue weighted by molar-refractivity contribution is 7.98. The molecule has 0 aliphatic carbocycles. The molecule has 1 saturated heterocycles. The highest BCUT2D eigenvalue weighted by atomic mass is 32.2. The average Bonchev–Trinajstić information content (AvgIpc) is 2.85. The van der Waals surface area contributed by atoms with E-state index in [1.165, 1.54) is 6.42 Å². The Bertz CT molecular complexity index is 1120. The predicted molar refractivity (Wildman–Crippen MR) is 134 cm³/mol. The maximum absolute atomic E-state index is 12.9. The lowest BCUT2D eigenvalue weighted by Crippen LogP contribution is -2.42. The number of benzene rings is 2. The molecule has 0 radical (unpaired) electrons. The standard InChI is InChI=1S/C27H29N3O2S/c1-19-16-23(27(32)30-15-4-3-6-20(30)2)10-13-25(19)29-26(31)22-8-11-24(12-9-22)33-18-21-7-5-14-28-17-21/h5,7-14,16-17,20H,3-4,6,15,18H2,1-2H3,(H,29,31). The van der Waals surface area contributed by atoms with Crippen molar-refractivity contribution in [2.75, 3.05) is 11.9 Å². The Kier molecular flexibility index (Phi) is 7.45. The average molecular weight is 460 g/mol. The molecule has 1 N–H and O–H groups in total. The first kappa shape index (κ1) is 23.1. The largest absolute Gasteiger partial charge is 0.336 e. The lowest BCUT2D eigenvalue weighted by atomic mass is 10.0. The van der Waals surface area contributed by atoms with E-state index in [2.05, 4.69) is 23.3 Å². The van der Waals surface area contributed by atoms with E-state index in [4.69, 9.17) is 0 Å². The summed E-state index contributed by atoms with van der Waals surface area (Å²) in [7, 11) is 0. The first-order chi connectivity index (χ1) is 16.0. The van der Waals surface area contributed by atoms with Gasteiger partial charge in [0.05, 0.1) is 0 Å². The number of likely N-dealkylation sites (tertiary alicyclic amines) is 1. The summed E-state index contributed by atoms with van der Waals surface area (Å²) < 4.78 is 0. The van der Waals surface area contributed by atoms with Crippen LogP contribution in [0.5, 0.6) is 0 Å². The molecule has 33 heavy (non-hydrogen) atoms. The van der Waals surface area contributed by atoms with Crippen molar-refractivity contribution in [2.24, 2.45) is 0 Å². The van der Waals surface area contributed by atoms with Gasteiger partial charge in [-0.15, -0.1) is 11.8 Å². The summed E-state index contributed by atoms with van der Waals surface area (Å²) in [5, 5.41) is 2.98. The number of thioether (sulfide) groups is 1. The molecule has 1 unspecified atom stereocenters. The van der Waals surface area contributed by atoms with Crippen LogP contribution >= 0.6 is 11.8 Å². The van der Waals surface area contributed by atoms with E-state index in [1.54, 1.807) is 18.0 Å². The lowest BCUT2D eigenvalue weighted by Gasteiger charge is -2.33. The van der Waals surface area contributed by atoms with Crippen LogP contribution in [0, 0.1) is 6.92 Å². The molecule has 1 fully saturated rings. The molecule has 0 saturated carbocycles. The molecule has 5 nitrogen and oxygen atoms in total. The van der Waals surface area contributed by atoms with E-state index < -0.39 is 0 Å². The van der Waals surface area contributed by atoms with E-state index in [9.17, 15) is 9.59 Å². The zero-order valence-electron chi connectivity index (χ0n) is 19.1. The third-order valence-electron chi connectivity index (χ3n) is 6.03. The van der Waals surface area contributed by atoms with Crippen LogP contribution in [0.15, 0.2) is 71.9 Å². The van der Waals surface area contributed by atoms with Crippen LogP contribution in [0.4, 0.5) is 5.69 Å². The van der Waals surface area contributed by atoms with Gasteiger partial charge in [-0.2, -0.15) is 0 Å². The van der Waals surface area contributed by atoms with Crippen LogP contribution in [0.25, 0.3) is 0 Å². The molecular formula is C27H29N3O2S. The Labute approximate surface area is 199 Å². The van der Waals surface area contributed by atoms with Gasteiger partial charge in [0.25, 0.3) is 11.8 Å². The number of nitrogens with one attached hydrogen (secondary N) is 1. The molecule has 170 valence electrons. The van der Waals surface area contributed by atoms with Gasteiger partial charge in [0.1, 0.15) is 0 Å². The molecule has 4 rings (SSSR count). The van der Waals surface area contributed by atoms with E-state index in [0.29, 0.717) is 11.1 Å². The van der Waals surface area contributed by atoms with Crippen molar-refractivity contribution in [2.45, 2.75) is 49.8 Å². The number of carbonyl (C=O) groups excluding carboxylic acids is 2. The van der Waals surface area contributed by atoms with E-state index in [-0.39, 0.29) is 17.9 Å². The molecule has 1 atom stereocenters. The van der Waals surface area contributed by atoms with Crippen LogP contribution in [-0.4, -0.2) is 34.3 Å². The van der Waals surface area contributed by atoms with Crippen LogP contribution in [-0.2, 0) is 5.75 Å². The van der Waals surface area contributed by atoms with Gasteiger partial charge in [0.15, 0.2) is 0 Å². The fraction of sp³-hybridized carbons (Fsp3) is 0.296. The van der Waals surface area contributed by atoms with E-state index in [0.717, 1.165) is 46.8 Å². The summed E-state index contributed by atoms with van der Waals surface area (Å²) in [5.74, 6) is 0.744. The van der Waals surface area contributed by atoms with Gasteiger partial charge in [-0.1, -0.05) is 6.07 Å². The second-order valence-electron chi connectivity index (χ2n) is 8.50. The van der Waals surface area contributed by atoms with Crippen LogP contribution in [0.1, 0.15) is 58.0 Å². The molecule has 1 aliphatic heterocycles. The van der Waals surface area contributed by atoms with Crippen molar-refractivity contribution < 1.29 is 9.59 Å². The quantitative estimate of drug-likeness (QED) is 0.463. The van der Waals surface area contributed by atoms with Gasteiger partial charge in [-0.3, -0.25) is 14.6 Å². The maximum Gasteiger partial charge on any atom is 0.255 e. The monoisotopic (exact) mass is 459 g/mol. The summed E-state index contributed by atoms with van der Waals surface area (Å²) >= 11 is 1.71. The second kappa shape index (κ2) is 10.7. The molecule has 1 aromatic heterocycles. The molecule has 0 bridgehead atoms. The summed E-state index contributed by atoms with van der Waals surface area (Å²) in [6.07, 6.45) is 6.93. The zero-order chi connectivity index (χ0) is 23.2. The fourth-order valence-electron chi connectivity index (χ4n) is 4.05. The number of amides is 2. The SMILES string of the molecule is Cc1cc(C(=O)N2CCCCC2C)ccc1NC(=O)c1ccc(SCc2cccnc2)cc1. The summed E-state index contributed by atoms with van der Waals surface area (Å²) in [6.45, 7) is 4.85. The number of aromatic nitrogens is 1. The third-order valence-corrected chi connectivity index (χ3v) is 7.11. The zero-order valence-corrected chi connectivity index (χ0v) is 19.9. The lowest BCUT2D eigenvalue weighted by molar-refractivity contribution is 0.0635. The Morgan fingerprint density at radius 1 is 1.09 bits per heavy atom. The molecule has 2 amide bonds. The molecular weight excluding hydrogens is 430 g/mol. The first-order valence-corrected chi connectivity index (χ1v) is 12.3. The topological polar surface area (TPSA) is 62.3 Å². The van der Waals surface area contributed by atoms with Crippen molar-refractivity contribution in [3.05, 3.63) is 89.2 Å². The minimum absolute atomic E-state index is 0.0718. The number of hydrogen-bond acceptors (Lipinski definition) is 4. The Morgan fingerprint density at radius 3 is 2.58 bits per heavy atom. The summed E-state index contributed by atoms with van der Waals surface area (Å²) in [5.41, 5.74) is 4.04. The molecule has 3 aromatic rings. The third kappa shape index (κ3) is 5.82. The highest BCUT2D eigenvalue weighted by Gasteiger charge is 2.24. The minimum atomic E-state index is -0.161. The van der Waals surface area contributed by atoms with Crippen molar-refractivity contribution >= 4 is 29.3 Å². The van der Waals surface area contributed by atoms with Gasteiger partial charge in [-0.25, -0.2) is 0 Å². The molecule has 1 aliphatic rings. The molecule has 0 spiro atoms. The number of aryl methyl sites for hydroxylation is 1. The van der Waals surface area contributed by atoms with E-state index >= 15 is 0 Å². The van der Waals surface area contributed by atoms with Crippen molar-refractivity contribution in [3.63, 3.8) is 0 Å². The smallest absolute Gasteiger partial charge is 0.255 e. The predicted octanol–water partition coefficient (Wildman–Crippen LogP) is 5.95. The Morgan fingerprint density at radius 2 is 1.88 bits per heavy atom. The number of hydrogen-bond donors (Lipinski definition) is 1. The minimum Gasteiger partial charge on any atom is -0.336 e. The van der Waals surface area contributed by atoms with Gasteiger partial charge < -0.3 is 10.2 Å².